The van der Waals surface area contributed by atoms with Gasteiger partial charge in [0.1, 0.15) is 5.82 Å². The highest BCUT2D eigenvalue weighted by atomic mass is 32.1. The number of H-pyrrole nitrogens is 1. The molecule has 0 aliphatic heterocycles. The molecule has 0 saturated heterocycles. The molecule has 2 N–H and O–H groups in total. The normalized spacial score (nSPS) is 11.0. The molecule has 3 aromatic rings. The topological polar surface area (TPSA) is 73.9 Å². The third kappa shape index (κ3) is 5.65. The third-order valence-electron chi connectivity index (χ3n) is 4.01. The van der Waals surface area contributed by atoms with Crippen LogP contribution in [-0.2, 0) is 13.0 Å². The van der Waals surface area contributed by atoms with Crippen LogP contribution in [0.25, 0.3) is 0 Å². The van der Waals surface area contributed by atoms with Crippen molar-refractivity contribution >= 4 is 23.1 Å². The average molecular weight is 384 g/mol. The number of nitrogens with one attached hydrogen (secondary N) is 2. The Labute approximate surface area is 163 Å². The Balaban J connectivity index is 1.62. The summed E-state index contributed by atoms with van der Waals surface area (Å²) in [4.78, 5) is 20.1. The third-order valence-corrected chi connectivity index (χ3v) is 4.87. The van der Waals surface area contributed by atoms with Gasteiger partial charge in [0.2, 0.25) is 0 Å². The van der Waals surface area contributed by atoms with Crippen molar-refractivity contribution in [2.24, 2.45) is 5.92 Å². The zero-order chi connectivity index (χ0) is 19.2. The number of rotatable bonds is 7. The summed E-state index contributed by atoms with van der Waals surface area (Å²) >= 11 is 1.67. The molecule has 2 aromatic heterocycles. The van der Waals surface area contributed by atoms with Crippen molar-refractivity contribution in [1.29, 1.82) is 0 Å². The number of hydrogen-bond donors (Lipinski definition) is 2. The van der Waals surface area contributed by atoms with Crippen LogP contribution in [0.5, 0.6) is 0 Å². The number of aromatic nitrogens is 3. The molecule has 6 nitrogen and oxygen atoms in total. The molecule has 0 atom stereocenters. The molecule has 0 unspecified atom stereocenters. The number of aromatic amines is 1. The van der Waals surface area contributed by atoms with Crippen molar-refractivity contribution in [2.75, 3.05) is 11.9 Å². The van der Waals surface area contributed by atoms with E-state index in [1.807, 2.05) is 47.5 Å². The van der Waals surface area contributed by atoms with Gasteiger partial charge in [0.25, 0.3) is 0 Å². The lowest BCUT2D eigenvalue weighted by atomic mass is 10.1. The van der Waals surface area contributed by atoms with Crippen LogP contribution in [0.1, 0.15) is 35.9 Å². The van der Waals surface area contributed by atoms with E-state index in [1.54, 1.807) is 11.3 Å². The predicted octanol–water partition coefficient (Wildman–Crippen LogP) is 4.46. The Hall–Kier alpha value is -2.67. The van der Waals surface area contributed by atoms with E-state index in [0.29, 0.717) is 25.4 Å². The molecule has 0 radical (unpaired) electrons. The predicted molar refractivity (Wildman–Crippen MR) is 109 cm³/mol. The number of nitrogens with zero attached hydrogens (tertiary/aromatic N) is 3. The van der Waals surface area contributed by atoms with Crippen molar-refractivity contribution < 1.29 is 4.79 Å². The Morgan fingerprint density at radius 2 is 2.04 bits per heavy atom. The van der Waals surface area contributed by atoms with Gasteiger partial charge in [-0.2, -0.15) is 5.10 Å². The number of urea groups is 1. The molecule has 2 heterocycles. The van der Waals surface area contributed by atoms with Gasteiger partial charge < -0.3 is 10.2 Å². The molecule has 0 aliphatic carbocycles. The fourth-order valence-corrected chi connectivity index (χ4v) is 3.53. The van der Waals surface area contributed by atoms with Crippen molar-refractivity contribution in [1.82, 2.24) is 20.1 Å². The molecule has 142 valence electrons. The summed E-state index contributed by atoms with van der Waals surface area (Å²) in [7, 11) is 0. The van der Waals surface area contributed by atoms with Gasteiger partial charge in [-0.15, -0.1) is 11.3 Å². The molecule has 3 rings (SSSR count). The SMILES string of the molecule is Cc1nc(Cc2ccc(NC(=O)N(Cc3cccs3)CC(C)C)cc2)n[nH]1. The first-order chi connectivity index (χ1) is 13.0. The first-order valence-electron chi connectivity index (χ1n) is 9.04. The number of anilines is 1. The van der Waals surface area contributed by atoms with E-state index in [4.69, 9.17) is 0 Å². The van der Waals surface area contributed by atoms with E-state index in [2.05, 4.69) is 40.4 Å². The molecule has 0 fully saturated rings. The monoisotopic (exact) mass is 383 g/mol. The van der Waals surface area contributed by atoms with E-state index >= 15 is 0 Å². The second-order valence-electron chi connectivity index (χ2n) is 6.99. The second-order valence-corrected chi connectivity index (χ2v) is 8.03. The largest absolute Gasteiger partial charge is 0.322 e. The van der Waals surface area contributed by atoms with Crippen molar-refractivity contribution in [3.05, 3.63) is 63.9 Å². The number of thiophene rings is 1. The number of carbonyl (C=O) groups excluding carboxylic acids is 1. The van der Waals surface area contributed by atoms with Gasteiger partial charge in [-0.05, 0) is 42.0 Å². The van der Waals surface area contributed by atoms with Gasteiger partial charge >= 0.3 is 6.03 Å². The van der Waals surface area contributed by atoms with Gasteiger partial charge in [0.15, 0.2) is 5.82 Å². The van der Waals surface area contributed by atoms with Crippen molar-refractivity contribution in [2.45, 2.75) is 33.7 Å². The van der Waals surface area contributed by atoms with Crippen LogP contribution in [0.15, 0.2) is 41.8 Å². The van der Waals surface area contributed by atoms with Crippen LogP contribution in [-0.4, -0.2) is 32.7 Å². The molecule has 2 amide bonds. The van der Waals surface area contributed by atoms with Gasteiger partial charge in [-0.3, -0.25) is 5.10 Å². The van der Waals surface area contributed by atoms with Crippen LogP contribution in [0.4, 0.5) is 10.5 Å². The maximum atomic E-state index is 12.7. The lowest BCUT2D eigenvalue weighted by molar-refractivity contribution is 0.202. The number of aryl methyl sites for hydroxylation is 1. The van der Waals surface area contributed by atoms with E-state index < -0.39 is 0 Å². The van der Waals surface area contributed by atoms with Gasteiger partial charge in [0.05, 0.1) is 6.54 Å². The van der Waals surface area contributed by atoms with Gasteiger partial charge in [0, 0.05) is 23.5 Å². The van der Waals surface area contributed by atoms with Crippen molar-refractivity contribution in [3.8, 4) is 0 Å². The highest BCUT2D eigenvalue weighted by Crippen LogP contribution is 2.16. The molecule has 27 heavy (non-hydrogen) atoms. The van der Waals surface area contributed by atoms with Crippen LogP contribution in [0, 0.1) is 12.8 Å². The van der Waals surface area contributed by atoms with Crippen LogP contribution >= 0.6 is 11.3 Å². The molecule has 7 heteroatoms. The van der Waals surface area contributed by atoms with Gasteiger partial charge in [-0.25, -0.2) is 9.78 Å². The molecule has 0 spiro atoms. The lowest BCUT2D eigenvalue weighted by Crippen LogP contribution is -2.36. The zero-order valence-electron chi connectivity index (χ0n) is 15.9. The molecule has 1 aromatic carbocycles. The Bertz CT molecular complexity index is 855. The smallest absolute Gasteiger partial charge is 0.319 e. The van der Waals surface area contributed by atoms with E-state index in [0.717, 1.165) is 22.9 Å². The first kappa shape index (κ1) is 19.1. The van der Waals surface area contributed by atoms with Crippen LogP contribution in [0.3, 0.4) is 0 Å². The molecular weight excluding hydrogens is 358 g/mol. The second kappa shape index (κ2) is 8.81. The van der Waals surface area contributed by atoms with Crippen LogP contribution in [0.2, 0.25) is 0 Å². The number of carbonyl (C=O) groups is 1. The fraction of sp³-hybridized carbons (Fsp3) is 0.350. The number of amides is 2. The maximum absolute atomic E-state index is 12.7. The Kier molecular flexibility index (Phi) is 6.24. The van der Waals surface area contributed by atoms with E-state index in [1.165, 1.54) is 4.88 Å². The quantitative estimate of drug-likeness (QED) is 0.633. The highest BCUT2D eigenvalue weighted by Gasteiger charge is 2.16. The fourth-order valence-electron chi connectivity index (χ4n) is 2.81. The maximum Gasteiger partial charge on any atom is 0.322 e. The summed E-state index contributed by atoms with van der Waals surface area (Å²) < 4.78 is 0. The van der Waals surface area contributed by atoms with E-state index in [-0.39, 0.29) is 6.03 Å². The summed E-state index contributed by atoms with van der Waals surface area (Å²) in [5.74, 6) is 1.98. The summed E-state index contributed by atoms with van der Waals surface area (Å²) in [6.45, 7) is 7.47. The minimum Gasteiger partial charge on any atom is -0.319 e. The lowest BCUT2D eigenvalue weighted by Gasteiger charge is -2.24. The van der Waals surface area contributed by atoms with E-state index in [9.17, 15) is 4.79 Å². The summed E-state index contributed by atoms with van der Waals surface area (Å²) in [5.41, 5.74) is 1.89. The summed E-state index contributed by atoms with van der Waals surface area (Å²) in [6, 6.07) is 11.8. The number of hydrogen-bond acceptors (Lipinski definition) is 4. The summed E-state index contributed by atoms with van der Waals surface area (Å²) in [6.07, 6.45) is 0.663. The summed E-state index contributed by atoms with van der Waals surface area (Å²) in [5, 5.41) is 12.1. The minimum absolute atomic E-state index is 0.0746. The molecule has 0 saturated carbocycles. The first-order valence-corrected chi connectivity index (χ1v) is 9.92. The Morgan fingerprint density at radius 1 is 1.26 bits per heavy atom. The van der Waals surface area contributed by atoms with Crippen molar-refractivity contribution in [3.63, 3.8) is 0 Å². The highest BCUT2D eigenvalue weighted by molar-refractivity contribution is 7.09. The Morgan fingerprint density at radius 3 is 2.63 bits per heavy atom. The van der Waals surface area contributed by atoms with Crippen LogP contribution < -0.4 is 5.32 Å². The minimum atomic E-state index is -0.0746. The number of benzene rings is 1. The van der Waals surface area contributed by atoms with Gasteiger partial charge in [-0.1, -0.05) is 32.0 Å². The molecule has 0 aliphatic rings. The average Bonchev–Trinajstić information content (AvgIpc) is 3.27. The molecule has 0 bridgehead atoms. The standard InChI is InChI=1S/C20H25N5OS/c1-14(2)12-25(13-18-5-4-10-27-18)20(26)22-17-8-6-16(7-9-17)11-19-21-15(3)23-24-19/h4-10,14H,11-13H2,1-3H3,(H,22,26)(H,21,23,24). The zero-order valence-corrected chi connectivity index (χ0v) is 16.7. The molecular formula is C20H25N5OS.